The van der Waals surface area contributed by atoms with Crippen LogP contribution in [0.5, 0.6) is 0 Å². The van der Waals surface area contributed by atoms with Crippen LogP contribution in [0.25, 0.3) is 0 Å². The topological polar surface area (TPSA) is 78.7 Å². The SMILES string of the molecule is O=C(O)CC1(N2CCCn3ncc(C(=O)N4CCCC4)c3C2)CCC1. The van der Waals surface area contributed by atoms with E-state index >= 15 is 0 Å². The minimum absolute atomic E-state index is 0.0847. The van der Waals surface area contributed by atoms with E-state index < -0.39 is 5.97 Å². The number of amides is 1. The molecule has 7 heteroatoms. The molecule has 0 atom stereocenters. The van der Waals surface area contributed by atoms with Gasteiger partial charge in [0.25, 0.3) is 5.91 Å². The number of fused-ring (bicyclic) bond motifs is 1. The van der Waals surface area contributed by atoms with Crippen LogP contribution in [0.3, 0.4) is 0 Å². The highest BCUT2D eigenvalue weighted by Crippen LogP contribution is 2.42. The van der Waals surface area contributed by atoms with Crippen molar-refractivity contribution < 1.29 is 14.7 Å². The Hall–Kier alpha value is -1.89. The molecule has 1 saturated heterocycles. The van der Waals surface area contributed by atoms with Crippen molar-refractivity contribution in [1.82, 2.24) is 19.6 Å². The average Bonchev–Trinajstić information content (AvgIpc) is 3.16. The number of rotatable bonds is 4. The van der Waals surface area contributed by atoms with Gasteiger partial charge in [-0.1, -0.05) is 0 Å². The van der Waals surface area contributed by atoms with E-state index in [9.17, 15) is 14.7 Å². The summed E-state index contributed by atoms with van der Waals surface area (Å²) in [5.41, 5.74) is 1.43. The molecular formula is C18H26N4O3. The molecule has 3 aliphatic rings. The summed E-state index contributed by atoms with van der Waals surface area (Å²) in [6.45, 7) is 3.95. The molecule has 0 unspecified atom stereocenters. The standard InChI is InChI=1S/C18H26N4O3/c23-16(24)11-18(5-3-6-18)21-9-4-10-22-15(13-21)14(12-19-22)17(25)20-7-1-2-8-20/h12H,1-11,13H2,(H,23,24). The minimum Gasteiger partial charge on any atom is -0.481 e. The fourth-order valence-corrected chi connectivity index (χ4v) is 4.59. The van der Waals surface area contributed by atoms with Gasteiger partial charge in [-0.05, 0) is 38.5 Å². The van der Waals surface area contributed by atoms with Gasteiger partial charge in [0.15, 0.2) is 0 Å². The van der Waals surface area contributed by atoms with Crippen LogP contribution in [0.4, 0.5) is 0 Å². The quantitative estimate of drug-likeness (QED) is 0.898. The lowest BCUT2D eigenvalue weighted by Crippen LogP contribution is -2.54. The first-order valence-corrected chi connectivity index (χ1v) is 9.40. The van der Waals surface area contributed by atoms with E-state index in [0.29, 0.717) is 12.1 Å². The molecule has 1 aliphatic carbocycles. The molecule has 0 bridgehead atoms. The van der Waals surface area contributed by atoms with Gasteiger partial charge < -0.3 is 10.0 Å². The monoisotopic (exact) mass is 346 g/mol. The normalized spacial score (nSPS) is 23.0. The van der Waals surface area contributed by atoms with Crippen molar-refractivity contribution in [3.63, 3.8) is 0 Å². The van der Waals surface area contributed by atoms with Crippen LogP contribution in [0.2, 0.25) is 0 Å². The van der Waals surface area contributed by atoms with Crippen LogP contribution in [0.15, 0.2) is 6.20 Å². The number of carboxylic acid groups (broad SMARTS) is 1. The summed E-state index contributed by atoms with van der Waals surface area (Å²) in [5, 5.41) is 13.8. The molecule has 0 radical (unpaired) electrons. The van der Waals surface area contributed by atoms with E-state index in [1.165, 1.54) is 0 Å². The van der Waals surface area contributed by atoms with Gasteiger partial charge in [-0.2, -0.15) is 5.10 Å². The van der Waals surface area contributed by atoms with Crippen molar-refractivity contribution in [2.75, 3.05) is 19.6 Å². The molecule has 2 fully saturated rings. The van der Waals surface area contributed by atoms with Gasteiger partial charge in [0.1, 0.15) is 0 Å². The molecule has 2 aliphatic heterocycles. The molecule has 1 saturated carbocycles. The number of likely N-dealkylation sites (tertiary alicyclic amines) is 1. The number of hydrogen-bond donors (Lipinski definition) is 1. The highest BCUT2D eigenvalue weighted by atomic mass is 16.4. The van der Waals surface area contributed by atoms with E-state index in [0.717, 1.165) is 70.4 Å². The van der Waals surface area contributed by atoms with Gasteiger partial charge in [0, 0.05) is 38.3 Å². The van der Waals surface area contributed by atoms with Gasteiger partial charge >= 0.3 is 5.97 Å². The summed E-state index contributed by atoms with van der Waals surface area (Å²) in [5.74, 6) is -0.646. The Kier molecular flexibility index (Phi) is 4.27. The second-order valence-electron chi connectivity index (χ2n) is 7.65. The van der Waals surface area contributed by atoms with Crippen LogP contribution in [0.1, 0.15) is 61.0 Å². The molecule has 4 rings (SSSR count). The predicted molar refractivity (Wildman–Crippen MR) is 91.2 cm³/mol. The highest BCUT2D eigenvalue weighted by Gasteiger charge is 2.45. The molecule has 1 amide bonds. The number of aliphatic carboxylic acids is 1. The first-order chi connectivity index (χ1) is 12.1. The first-order valence-electron chi connectivity index (χ1n) is 9.40. The molecule has 25 heavy (non-hydrogen) atoms. The second-order valence-corrected chi connectivity index (χ2v) is 7.65. The summed E-state index contributed by atoms with van der Waals surface area (Å²) in [4.78, 5) is 28.5. The zero-order chi connectivity index (χ0) is 17.4. The van der Waals surface area contributed by atoms with Gasteiger partial charge in [-0.3, -0.25) is 19.2 Å². The van der Waals surface area contributed by atoms with E-state index in [-0.39, 0.29) is 17.9 Å². The van der Waals surface area contributed by atoms with Gasteiger partial charge in [0.2, 0.25) is 0 Å². The van der Waals surface area contributed by atoms with Crippen molar-refractivity contribution in [3.8, 4) is 0 Å². The maximum Gasteiger partial charge on any atom is 0.305 e. The number of carbonyl (C=O) groups is 2. The molecule has 0 aromatic carbocycles. The van der Waals surface area contributed by atoms with Gasteiger partial charge in [-0.25, -0.2) is 0 Å². The number of carbonyl (C=O) groups excluding carboxylic acids is 1. The number of aromatic nitrogens is 2. The molecule has 3 heterocycles. The average molecular weight is 346 g/mol. The molecule has 1 N–H and O–H groups in total. The first kappa shape index (κ1) is 16.6. The third-order valence-corrected chi connectivity index (χ3v) is 6.15. The number of hydrogen-bond acceptors (Lipinski definition) is 4. The molecular weight excluding hydrogens is 320 g/mol. The Morgan fingerprint density at radius 2 is 1.84 bits per heavy atom. The number of carboxylic acids is 1. The third-order valence-electron chi connectivity index (χ3n) is 6.15. The predicted octanol–water partition coefficient (Wildman–Crippen LogP) is 1.72. The van der Waals surface area contributed by atoms with Crippen LogP contribution >= 0.6 is 0 Å². The lowest BCUT2D eigenvalue weighted by Gasteiger charge is -2.49. The van der Waals surface area contributed by atoms with E-state index in [2.05, 4.69) is 10.00 Å². The van der Waals surface area contributed by atoms with Crippen LogP contribution < -0.4 is 0 Å². The summed E-state index contributed by atoms with van der Waals surface area (Å²) in [7, 11) is 0. The Balaban J connectivity index is 1.60. The lowest BCUT2D eigenvalue weighted by atomic mass is 9.72. The molecule has 7 nitrogen and oxygen atoms in total. The van der Waals surface area contributed by atoms with Crippen molar-refractivity contribution in [3.05, 3.63) is 17.5 Å². The van der Waals surface area contributed by atoms with Crippen LogP contribution in [0, 0.1) is 0 Å². The minimum atomic E-state index is -0.731. The molecule has 1 aromatic rings. The van der Waals surface area contributed by atoms with E-state index in [4.69, 9.17) is 0 Å². The zero-order valence-corrected chi connectivity index (χ0v) is 14.6. The van der Waals surface area contributed by atoms with Crippen molar-refractivity contribution >= 4 is 11.9 Å². The van der Waals surface area contributed by atoms with Gasteiger partial charge in [-0.15, -0.1) is 0 Å². The fraction of sp³-hybridized carbons (Fsp3) is 0.722. The van der Waals surface area contributed by atoms with E-state index in [1.807, 2.05) is 9.58 Å². The van der Waals surface area contributed by atoms with Gasteiger partial charge in [0.05, 0.1) is 23.9 Å². The maximum atomic E-state index is 12.9. The van der Waals surface area contributed by atoms with Crippen molar-refractivity contribution in [1.29, 1.82) is 0 Å². The summed E-state index contributed by atoms with van der Waals surface area (Å²) < 4.78 is 1.95. The lowest BCUT2D eigenvalue weighted by molar-refractivity contribution is -0.143. The van der Waals surface area contributed by atoms with Crippen molar-refractivity contribution in [2.45, 2.75) is 63.6 Å². The van der Waals surface area contributed by atoms with Crippen molar-refractivity contribution in [2.24, 2.45) is 0 Å². The Morgan fingerprint density at radius 3 is 2.48 bits per heavy atom. The smallest absolute Gasteiger partial charge is 0.305 e. The zero-order valence-electron chi connectivity index (χ0n) is 14.6. The Labute approximate surface area is 147 Å². The van der Waals surface area contributed by atoms with E-state index in [1.54, 1.807) is 6.20 Å². The summed E-state index contributed by atoms with van der Waals surface area (Å²) in [6.07, 6.45) is 7.94. The van der Waals surface area contributed by atoms with Crippen LogP contribution in [-0.4, -0.2) is 61.7 Å². The second kappa shape index (κ2) is 6.44. The number of aryl methyl sites for hydroxylation is 1. The highest BCUT2D eigenvalue weighted by molar-refractivity contribution is 5.95. The molecule has 1 aromatic heterocycles. The summed E-state index contributed by atoms with van der Waals surface area (Å²) >= 11 is 0. The molecule has 136 valence electrons. The largest absolute Gasteiger partial charge is 0.481 e. The van der Waals surface area contributed by atoms with Crippen LogP contribution in [-0.2, 0) is 17.9 Å². The third kappa shape index (κ3) is 2.94. The summed E-state index contributed by atoms with van der Waals surface area (Å²) in [6, 6.07) is 0. The Bertz CT molecular complexity index is 674. The Morgan fingerprint density at radius 1 is 1.08 bits per heavy atom. The fourth-order valence-electron chi connectivity index (χ4n) is 4.59. The number of nitrogens with zero attached hydrogens (tertiary/aromatic N) is 4. The molecule has 0 spiro atoms. The maximum absolute atomic E-state index is 12.9.